The first-order chi connectivity index (χ1) is 8.65. The van der Waals surface area contributed by atoms with Crippen molar-refractivity contribution in [3.8, 4) is 0 Å². The molecule has 1 unspecified atom stereocenters. The number of fused-ring (bicyclic) bond motifs is 1. The normalized spacial score (nSPS) is 18.1. The van der Waals surface area contributed by atoms with E-state index >= 15 is 0 Å². The van der Waals surface area contributed by atoms with E-state index in [1.54, 1.807) is 19.1 Å². The third-order valence-corrected chi connectivity index (χ3v) is 3.04. The van der Waals surface area contributed by atoms with Crippen molar-refractivity contribution < 1.29 is 19.4 Å². The molecule has 5 heteroatoms. The standard InChI is InChI=1S/C13H15NO4/c1-2-18-12(15)11-10-6-4-3-5-9(10)7-8-14(11)13(16)17/h3-6,11H,2,7-8H2,1H3,(H,16,17). The second-order valence-electron chi connectivity index (χ2n) is 4.08. The Balaban J connectivity index is 2.40. The zero-order chi connectivity index (χ0) is 13.1. The Kier molecular flexibility index (Phi) is 3.50. The van der Waals surface area contributed by atoms with Crippen LogP contribution in [0.25, 0.3) is 0 Å². The van der Waals surface area contributed by atoms with Gasteiger partial charge in [0.1, 0.15) is 0 Å². The van der Waals surface area contributed by atoms with Crippen LogP contribution in [-0.2, 0) is 16.0 Å². The van der Waals surface area contributed by atoms with Crippen molar-refractivity contribution in [1.82, 2.24) is 4.90 Å². The Labute approximate surface area is 105 Å². The number of carboxylic acid groups (broad SMARTS) is 1. The summed E-state index contributed by atoms with van der Waals surface area (Å²) in [4.78, 5) is 24.3. The summed E-state index contributed by atoms with van der Waals surface area (Å²) in [5.74, 6) is -0.507. The van der Waals surface area contributed by atoms with Crippen LogP contribution < -0.4 is 0 Å². The van der Waals surface area contributed by atoms with Crippen LogP contribution in [-0.4, -0.2) is 35.2 Å². The second kappa shape index (κ2) is 5.08. The van der Waals surface area contributed by atoms with E-state index in [4.69, 9.17) is 9.84 Å². The summed E-state index contributed by atoms with van der Waals surface area (Å²) < 4.78 is 4.97. The number of benzene rings is 1. The Hall–Kier alpha value is -2.04. The van der Waals surface area contributed by atoms with Crippen molar-refractivity contribution in [2.75, 3.05) is 13.2 Å². The third-order valence-electron chi connectivity index (χ3n) is 3.04. The largest absolute Gasteiger partial charge is 0.465 e. The molecule has 18 heavy (non-hydrogen) atoms. The van der Waals surface area contributed by atoms with E-state index in [1.165, 1.54) is 0 Å². The van der Waals surface area contributed by atoms with Gasteiger partial charge in [-0.3, -0.25) is 4.90 Å². The molecule has 1 aliphatic rings. The predicted octanol–water partition coefficient (Wildman–Crippen LogP) is 1.83. The number of rotatable bonds is 2. The fourth-order valence-corrected chi connectivity index (χ4v) is 2.25. The average Bonchev–Trinajstić information content (AvgIpc) is 2.37. The minimum absolute atomic E-state index is 0.241. The maximum absolute atomic E-state index is 11.9. The molecular weight excluding hydrogens is 234 g/mol. The molecule has 2 rings (SSSR count). The van der Waals surface area contributed by atoms with Crippen molar-refractivity contribution >= 4 is 12.1 Å². The molecule has 1 atom stereocenters. The molecule has 0 aliphatic carbocycles. The Morgan fingerprint density at radius 3 is 2.83 bits per heavy atom. The Morgan fingerprint density at radius 1 is 1.44 bits per heavy atom. The lowest BCUT2D eigenvalue weighted by Gasteiger charge is -2.33. The van der Waals surface area contributed by atoms with Crippen molar-refractivity contribution in [3.05, 3.63) is 35.4 Å². The van der Waals surface area contributed by atoms with E-state index in [0.29, 0.717) is 13.0 Å². The smallest absolute Gasteiger partial charge is 0.408 e. The van der Waals surface area contributed by atoms with E-state index in [-0.39, 0.29) is 6.61 Å². The zero-order valence-corrected chi connectivity index (χ0v) is 10.1. The van der Waals surface area contributed by atoms with Gasteiger partial charge in [-0.2, -0.15) is 0 Å². The molecular formula is C13H15NO4. The highest BCUT2D eigenvalue weighted by Crippen LogP contribution is 2.30. The minimum Gasteiger partial charge on any atom is -0.465 e. The molecule has 1 amide bonds. The van der Waals surface area contributed by atoms with Crippen LogP contribution in [0.5, 0.6) is 0 Å². The number of ether oxygens (including phenoxy) is 1. The van der Waals surface area contributed by atoms with Crippen LogP contribution in [0.1, 0.15) is 24.1 Å². The fourth-order valence-electron chi connectivity index (χ4n) is 2.25. The highest BCUT2D eigenvalue weighted by atomic mass is 16.5. The summed E-state index contributed by atoms with van der Waals surface area (Å²) in [6, 6.07) is 6.55. The molecule has 1 aliphatic heterocycles. The lowest BCUT2D eigenvalue weighted by molar-refractivity contribution is -0.149. The second-order valence-corrected chi connectivity index (χ2v) is 4.08. The molecule has 0 saturated heterocycles. The van der Waals surface area contributed by atoms with Gasteiger partial charge in [-0.1, -0.05) is 24.3 Å². The molecule has 0 fully saturated rings. The van der Waals surface area contributed by atoms with E-state index in [2.05, 4.69) is 0 Å². The van der Waals surface area contributed by atoms with Crippen LogP contribution in [0.3, 0.4) is 0 Å². The SMILES string of the molecule is CCOC(=O)C1c2ccccc2CCN1C(=O)O. The highest BCUT2D eigenvalue weighted by molar-refractivity contribution is 5.83. The number of esters is 1. The summed E-state index contributed by atoms with van der Waals surface area (Å²) in [6.07, 6.45) is -0.471. The molecule has 96 valence electrons. The molecule has 1 heterocycles. The maximum atomic E-state index is 11.9. The van der Waals surface area contributed by atoms with Crippen molar-refractivity contribution in [2.45, 2.75) is 19.4 Å². The van der Waals surface area contributed by atoms with Crippen molar-refractivity contribution in [2.24, 2.45) is 0 Å². The molecule has 1 N–H and O–H groups in total. The lowest BCUT2D eigenvalue weighted by atomic mass is 9.93. The minimum atomic E-state index is -1.09. The Morgan fingerprint density at radius 2 is 2.17 bits per heavy atom. The first-order valence-electron chi connectivity index (χ1n) is 5.89. The first kappa shape index (κ1) is 12.4. The molecule has 0 bridgehead atoms. The average molecular weight is 249 g/mol. The summed E-state index contributed by atoms with van der Waals surface area (Å²) in [7, 11) is 0. The summed E-state index contributed by atoms with van der Waals surface area (Å²) in [5.41, 5.74) is 1.73. The highest BCUT2D eigenvalue weighted by Gasteiger charge is 2.36. The van der Waals surface area contributed by atoms with Crippen LogP contribution in [0.2, 0.25) is 0 Å². The third kappa shape index (κ3) is 2.16. The molecule has 0 spiro atoms. The molecule has 0 aromatic heterocycles. The summed E-state index contributed by atoms with van der Waals surface area (Å²) in [5, 5.41) is 9.17. The Bertz CT molecular complexity index is 472. The fraction of sp³-hybridized carbons (Fsp3) is 0.385. The number of nitrogens with zero attached hydrogens (tertiary/aromatic N) is 1. The van der Waals surface area contributed by atoms with Gasteiger partial charge in [0.2, 0.25) is 0 Å². The van der Waals surface area contributed by atoms with Crippen LogP contribution >= 0.6 is 0 Å². The van der Waals surface area contributed by atoms with Gasteiger partial charge in [0.15, 0.2) is 6.04 Å². The molecule has 1 aromatic carbocycles. The van der Waals surface area contributed by atoms with E-state index in [9.17, 15) is 9.59 Å². The van der Waals surface area contributed by atoms with Gasteiger partial charge in [-0.15, -0.1) is 0 Å². The van der Waals surface area contributed by atoms with Crippen molar-refractivity contribution in [3.63, 3.8) is 0 Å². The summed E-state index contributed by atoms with van der Waals surface area (Å²) >= 11 is 0. The predicted molar refractivity (Wildman–Crippen MR) is 64.3 cm³/mol. The molecule has 1 aromatic rings. The topological polar surface area (TPSA) is 66.8 Å². The van der Waals surface area contributed by atoms with Crippen LogP contribution in [0.4, 0.5) is 4.79 Å². The van der Waals surface area contributed by atoms with Crippen molar-refractivity contribution in [1.29, 1.82) is 0 Å². The van der Waals surface area contributed by atoms with Gasteiger partial charge in [0.25, 0.3) is 0 Å². The molecule has 5 nitrogen and oxygen atoms in total. The first-order valence-corrected chi connectivity index (χ1v) is 5.89. The van der Waals surface area contributed by atoms with Gasteiger partial charge >= 0.3 is 12.1 Å². The molecule has 0 radical (unpaired) electrons. The van der Waals surface area contributed by atoms with Gasteiger partial charge in [0.05, 0.1) is 6.61 Å². The van der Waals surface area contributed by atoms with Crippen LogP contribution in [0, 0.1) is 0 Å². The lowest BCUT2D eigenvalue weighted by Crippen LogP contribution is -2.43. The maximum Gasteiger partial charge on any atom is 0.408 e. The van der Waals surface area contributed by atoms with Gasteiger partial charge in [0, 0.05) is 6.54 Å². The number of carbonyl (C=O) groups excluding carboxylic acids is 1. The number of amides is 1. The van der Waals surface area contributed by atoms with Gasteiger partial charge in [-0.05, 0) is 24.5 Å². The van der Waals surface area contributed by atoms with Gasteiger partial charge in [-0.25, -0.2) is 9.59 Å². The number of hydrogen-bond donors (Lipinski definition) is 1. The van der Waals surface area contributed by atoms with E-state index in [1.807, 2.05) is 12.1 Å². The van der Waals surface area contributed by atoms with E-state index in [0.717, 1.165) is 16.0 Å². The summed E-state index contributed by atoms with van der Waals surface area (Å²) in [6.45, 7) is 2.26. The number of hydrogen-bond acceptors (Lipinski definition) is 3. The zero-order valence-electron chi connectivity index (χ0n) is 10.1. The van der Waals surface area contributed by atoms with Crippen LogP contribution in [0.15, 0.2) is 24.3 Å². The van der Waals surface area contributed by atoms with E-state index < -0.39 is 18.1 Å². The molecule has 0 saturated carbocycles. The quantitative estimate of drug-likeness (QED) is 0.812. The van der Waals surface area contributed by atoms with Gasteiger partial charge < -0.3 is 9.84 Å². The monoisotopic (exact) mass is 249 g/mol. The number of carbonyl (C=O) groups is 2.